The first kappa shape index (κ1) is 16.2. The lowest BCUT2D eigenvalue weighted by Gasteiger charge is -2.37. The quantitative estimate of drug-likeness (QED) is 0.669. The maximum absolute atomic E-state index is 6.04. The number of rotatable bonds is 5. The molecule has 0 bridgehead atoms. The van der Waals surface area contributed by atoms with Crippen molar-refractivity contribution >= 4 is 17.6 Å². The zero-order valence-electron chi connectivity index (χ0n) is 13.3. The van der Waals surface area contributed by atoms with E-state index in [1.165, 1.54) is 0 Å². The van der Waals surface area contributed by atoms with E-state index in [-0.39, 0.29) is 5.41 Å². The molecule has 0 radical (unpaired) electrons. The summed E-state index contributed by atoms with van der Waals surface area (Å²) in [6.45, 7) is 8.29. The van der Waals surface area contributed by atoms with Crippen LogP contribution in [-0.4, -0.2) is 48.8 Å². The molecule has 0 amide bonds. The lowest BCUT2D eigenvalue weighted by Crippen LogP contribution is -2.44. The highest BCUT2D eigenvalue weighted by atomic mass is 35.5. The van der Waals surface area contributed by atoms with Gasteiger partial charge in [0.15, 0.2) is 5.96 Å². The zero-order chi connectivity index (χ0) is 15.5. The third kappa shape index (κ3) is 4.14. The Morgan fingerprint density at radius 2 is 2.29 bits per heavy atom. The third-order valence-electron chi connectivity index (χ3n) is 3.68. The number of guanidine groups is 1. The van der Waals surface area contributed by atoms with E-state index < -0.39 is 0 Å². The van der Waals surface area contributed by atoms with Crippen LogP contribution in [0.1, 0.15) is 19.5 Å². The fourth-order valence-corrected chi connectivity index (χ4v) is 2.59. The van der Waals surface area contributed by atoms with Crippen LogP contribution in [0.5, 0.6) is 0 Å². The molecule has 1 aromatic rings. The van der Waals surface area contributed by atoms with E-state index in [1.807, 2.05) is 30.9 Å². The molecule has 6 heteroatoms. The van der Waals surface area contributed by atoms with Crippen molar-refractivity contribution in [3.05, 3.63) is 23.0 Å². The number of hydrogen-bond donors (Lipinski definition) is 1. The van der Waals surface area contributed by atoms with E-state index in [9.17, 15) is 0 Å². The van der Waals surface area contributed by atoms with E-state index in [0.29, 0.717) is 0 Å². The molecule has 1 fully saturated rings. The molecule has 118 valence electrons. The summed E-state index contributed by atoms with van der Waals surface area (Å²) in [5.41, 5.74) is 1.35. The lowest BCUT2D eigenvalue weighted by atomic mass is 9.89. The predicted octanol–water partition coefficient (Wildman–Crippen LogP) is 2.11. The van der Waals surface area contributed by atoms with Gasteiger partial charge in [0, 0.05) is 37.9 Å². The smallest absolute Gasteiger partial charge is 0.194 e. The summed E-state index contributed by atoms with van der Waals surface area (Å²) < 4.78 is 7.33. The first-order valence-corrected chi connectivity index (χ1v) is 7.69. The summed E-state index contributed by atoms with van der Waals surface area (Å²) in [5, 5.41) is 4.11. The molecule has 1 aromatic heterocycles. The maximum Gasteiger partial charge on any atom is 0.194 e. The maximum atomic E-state index is 6.04. The second-order valence-electron chi connectivity index (χ2n) is 6.09. The lowest BCUT2D eigenvalue weighted by molar-refractivity contribution is -0.0946. The number of aryl methyl sites for hydroxylation is 1. The van der Waals surface area contributed by atoms with Crippen molar-refractivity contribution in [1.82, 2.24) is 14.8 Å². The Kier molecular flexibility index (Phi) is 5.17. The van der Waals surface area contributed by atoms with Crippen LogP contribution in [0.4, 0.5) is 0 Å². The van der Waals surface area contributed by atoms with E-state index in [2.05, 4.69) is 24.1 Å². The van der Waals surface area contributed by atoms with Gasteiger partial charge < -0.3 is 19.5 Å². The Labute approximate surface area is 131 Å². The Morgan fingerprint density at radius 1 is 1.57 bits per heavy atom. The van der Waals surface area contributed by atoms with Crippen LogP contribution in [-0.2, 0) is 18.3 Å². The van der Waals surface area contributed by atoms with Crippen LogP contribution in [0.15, 0.2) is 17.3 Å². The van der Waals surface area contributed by atoms with Gasteiger partial charge in [-0.15, -0.1) is 0 Å². The molecule has 0 spiro atoms. The van der Waals surface area contributed by atoms with Crippen molar-refractivity contribution in [3.63, 3.8) is 0 Å². The Balaban J connectivity index is 2.02. The van der Waals surface area contributed by atoms with Gasteiger partial charge in [-0.3, -0.25) is 4.99 Å². The molecule has 21 heavy (non-hydrogen) atoms. The molecule has 1 N–H and O–H groups in total. The Morgan fingerprint density at radius 3 is 2.76 bits per heavy atom. The van der Waals surface area contributed by atoms with Gasteiger partial charge in [-0.2, -0.15) is 0 Å². The zero-order valence-corrected chi connectivity index (χ0v) is 14.1. The van der Waals surface area contributed by atoms with Crippen molar-refractivity contribution in [2.24, 2.45) is 17.5 Å². The first-order chi connectivity index (χ1) is 9.93. The highest BCUT2D eigenvalue weighted by molar-refractivity contribution is 6.30. The molecule has 0 aliphatic carbocycles. The second kappa shape index (κ2) is 6.71. The van der Waals surface area contributed by atoms with E-state index >= 15 is 0 Å². The van der Waals surface area contributed by atoms with Crippen LogP contribution in [0.3, 0.4) is 0 Å². The molecular formula is C15H25ClN4O. The summed E-state index contributed by atoms with van der Waals surface area (Å²) in [6.07, 6.45) is 1.92. The first-order valence-electron chi connectivity index (χ1n) is 7.31. The summed E-state index contributed by atoms with van der Waals surface area (Å²) in [7, 11) is 4.05. The number of ether oxygens (including phenoxy) is 1. The van der Waals surface area contributed by atoms with Crippen LogP contribution >= 0.6 is 11.6 Å². The summed E-state index contributed by atoms with van der Waals surface area (Å²) in [4.78, 5) is 6.87. The van der Waals surface area contributed by atoms with Crippen molar-refractivity contribution in [1.29, 1.82) is 0 Å². The Bertz CT molecular complexity index is 508. The molecule has 1 saturated heterocycles. The van der Waals surface area contributed by atoms with Gasteiger partial charge in [-0.25, -0.2) is 0 Å². The highest BCUT2D eigenvalue weighted by Gasteiger charge is 2.33. The number of halogens is 1. The van der Waals surface area contributed by atoms with Crippen LogP contribution in [0.25, 0.3) is 0 Å². The second-order valence-corrected chi connectivity index (χ2v) is 6.53. The van der Waals surface area contributed by atoms with Crippen molar-refractivity contribution in [2.75, 3.05) is 33.4 Å². The Hall–Kier alpha value is -1.20. The van der Waals surface area contributed by atoms with Crippen molar-refractivity contribution in [2.45, 2.75) is 20.4 Å². The molecule has 5 nitrogen and oxygen atoms in total. The van der Waals surface area contributed by atoms with Crippen LogP contribution < -0.4 is 5.32 Å². The highest BCUT2D eigenvalue weighted by Crippen LogP contribution is 2.26. The van der Waals surface area contributed by atoms with E-state index in [0.717, 1.165) is 49.5 Å². The van der Waals surface area contributed by atoms with Crippen LogP contribution in [0, 0.1) is 5.41 Å². The van der Waals surface area contributed by atoms with Gasteiger partial charge in [0.05, 0.1) is 31.3 Å². The number of aliphatic imine (C=N–C) groups is 1. The number of aromatic nitrogens is 1. The molecule has 1 aliphatic rings. The fourth-order valence-electron chi connectivity index (χ4n) is 2.32. The molecular weight excluding hydrogens is 288 g/mol. The summed E-state index contributed by atoms with van der Waals surface area (Å²) >= 11 is 6.04. The number of nitrogens with zero attached hydrogens (tertiary/aromatic N) is 3. The number of hydrogen-bond acceptors (Lipinski definition) is 2. The van der Waals surface area contributed by atoms with Gasteiger partial charge >= 0.3 is 0 Å². The molecule has 2 rings (SSSR count). The average Bonchev–Trinajstić information content (AvgIpc) is 2.70. The van der Waals surface area contributed by atoms with Crippen LogP contribution in [0.2, 0.25) is 5.02 Å². The van der Waals surface area contributed by atoms with Crippen molar-refractivity contribution in [3.8, 4) is 0 Å². The summed E-state index contributed by atoms with van der Waals surface area (Å²) in [5.74, 6) is 0.919. The largest absolute Gasteiger partial charge is 0.380 e. The molecule has 0 aromatic carbocycles. The SMILES string of the molecule is CCNC(=NCC1(C)COC1)N(C)Cc1cc(Cl)cn1C. The van der Waals surface area contributed by atoms with E-state index in [4.69, 9.17) is 21.3 Å². The minimum atomic E-state index is 0.190. The topological polar surface area (TPSA) is 41.8 Å². The molecule has 1 aliphatic heterocycles. The molecule has 2 heterocycles. The van der Waals surface area contributed by atoms with Gasteiger partial charge in [0.25, 0.3) is 0 Å². The molecule has 0 saturated carbocycles. The standard InChI is InChI=1S/C15H25ClN4O/c1-5-17-14(18-9-15(2)10-21-11-15)20(4)8-13-6-12(16)7-19(13)3/h6-7H,5,8-11H2,1-4H3,(H,17,18). The van der Waals surface area contributed by atoms with Crippen molar-refractivity contribution < 1.29 is 4.74 Å². The minimum Gasteiger partial charge on any atom is -0.380 e. The predicted molar refractivity (Wildman–Crippen MR) is 86.8 cm³/mol. The fraction of sp³-hybridized carbons (Fsp3) is 0.667. The monoisotopic (exact) mass is 312 g/mol. The van der Waals surface area contributed by atoms with Gasteiger partial charge in [-0.05, 0) is 13.0 Å². The summed E-state index contributed by atoms with van der Waals surface area (Å²) in [6, 6.07) is 1.99. The third-order valence-corrected chi connectivity index (χ3v) is 3.89. The molecule has 0 unspecified atom stereocenters. The molecule has 0 atom stereocenters. The number of nitrogens with one attached hydrogen (secondary N) is 1. The van der Waals surface area contributed by atoms with E-state index in [1.54, 1.807) is 0 Å². The van der Waals surface area contributed by atoms with Gasteiger partial charge in [0.1, 0.15) is 0 Å². The normalized spacial score (nSPS) is 17.5. The van der Waals surface area contributed by atoms with Gasteiger partial charge in [0.2, 0.25) is 0 Å². The minimum absolute atomic E-state index is 0.190. The average molecular weight is 313 g/mol. The van der Waals surface area contributed by atoms with Gasteiger partial charge in [-0.1, -0.05) is 18.5 Å².